The van der Waals surface area contributed by atoms with E-state index < -0.39 is 12.1 Å². The number of benzene rings is 1. The Morgan fingerprint density at radius 3 is 2.32 bits per heavy atom. The highest BCUT2D eigenvalue weighted by Crippen LogP contribution is 2.35. The molecule has 0 radical (unpaired) electrons. The molecule has 2 rings (SSSR count). The Kier molecular flexibility index (Phi) is 6.24. The van der Waals surface area contributed by atoms with E-state index in [1.54, 1.807) is 18.3 Å². The molecule has 1 heterocycles. The van der Waals surface area contributed by atoms with Crippen molar-refractivity contribution in [1.82, 2.24) is 15.8 Å². The topological polar surface area (TPSA) is 114 Å². The molecule has 0 saturated heterocycles. The van der Waals surface area contributed by atoms with Crippen molar-refractivity contribution in [1.29, 1.82) is 0 Å². The number of nitrogens with one attached hydrogen (secondary N) is 4. The zero-order valence-electron chi connectivity index (χ0n) is 13.4. The van der Waals surface area contributed by atoms with Gasteiger partial charge < -0.3 is 20.1 Å². The van der Waals surface area contributed by atoms with E-state index in [2.05, 4.69) is 26.5 Å². The van der Waals surface area contributed by atoms with Crippen molar-refractivity contribution < 1.29 is 19.1 Å². The Labute approximate surface area is 148 Å². The van der Waals surface area contributed by atoms with E-state index in [-0.39, 0.29) is 0 Å². The Bertz CT molecular complexity index is 757. The molecule has 1 aromatic carbocycles. The first-order chi connectivity index (χ1) is 12.0. The molecule has 10 heteroatoms. The lowest BCUT2D eigenvalue weighted by atomic mass is 10.2. The molecule has 0 spiro atoms. The zero-order valence-corrected chi connectivity index (χ0v) is 14.2. The molecule has 0 aliphatic heterocycles. The van der Waals surface area contributed by atoms with Gasteiger partial charge in [-0.1, -0.05) is 11.6 Å². The number of rotatable bonds is 4. The van der Waals surface area contributed by atoms with Gasteiger partial charge in [0, 0.05) is 18.3 Å². The van der Waals surface area contributed by atoms with Crippen molar-refractivity contribution in [3.05, 3.63) is 41.7 Å². The number of hydrazine groups is 1. The lowest BCUT2D eigenvalue weighted by molar-refractivity contribution is 0.237. The molecule has 0 aliphatic carbocycles. The number of hydrogen-bond acceptors (Lipinski definition) is 5. The minimum absolute atomic E-state index is 0.315. The molecule has 0 unspecified atom stereocenters. The molecule has 4 N–H and O–H groups in total. The molecule has 0 aliphatic rings. The van der Waals surface area contributed by atoms with Crippen LogP contribution in [0, 0.1) is 0 Å². The van der Waals surface area contributed by atoms with Crippen LogP contribution in [0.4, 0.5) is 21.0 Å². The van der Waals surface area contributed by atoms with Crippen molar-refractivity contribution >= 4 is 35.0 Å². The number of urea groups is 2. The first-order valence-corrected chi connectivity index (χ1v) is 7.37. The van der Waals surface area contributed by atoms with E-state index in [4.69, 9.17) is 21.1 Å². The van der Waals surface area contributed by atoms with Crippen LogP contribution in [0.3, 0.4) is 0 Å². The van der Waals surface area contributed by atoms with Crippen LogP contribution in [-0.2, 0) is 0 Å². The van der Waals surface area contributed by atoms with E-state index >= 15 is 0 Å². The summed E-state index contributed by atoms with van der Waals surface area (Å²) in [4.78, 5) is 27.5. The number of amides is 4. The maximum atomic E-state index is 11.9. The highest BCUT2D eigenvalue weighted by molar-refractivity contribution is 6.32. The van der Waals surface area contributed by atoms with Crippen LogP contribution in [0.2, 0.25) is 5.02 Å². The summed E-state index contributed by atoms with van der Waals surface area (Å²) < 4.78 is 10.2. The van der Waals surface area contributed by atoms with Crippen LogP contribution >= 0.6 is 11.6 Å². The third-order valence-corrected chi connectivity index (χ3v) is 3.23. The van der Waals surface area contributed by atoms with Crippen LogP contribution in [0.5, 0.6) is 11.5 Å². The van der Waals surface area contributed by atoms with Crippen molar-refractivity contribution in [2.24, 2.45) is 0 Å². The van der Waals surface area contributed by atoms with E-state index in [1.807, 2.05) is 0 Å². The third kappa shape index (κ3) is 5.15. The fourth-order valence-corrected chi connectivity index (χ4v) is 2.06. The average molecular weight is 366 g/mol. The van der Waals surface area contributed by atoms with Gasteiger partial charge in [-0.05, 0) is 12.1 Å². The molecule has 25 heavy (non-hydrogen) atoms. The van der Waals surface area contributed by atoms with E-state index in [1.165, 1.54) is 32.5 Å². The maximum Gasteiger partial charge on any atom is 0.338 e. The van der Waals surface area contributed by atoms with E-state index in [9.17, 15) is 9.59 Å². The second-order valence-electron chi connectivity index (χ2n) is 4.59. The van der Waals surface area contributed by atoms with Crippen LogP contribution in [-0.4, -0.2) is 31.3 Å². The predicted octanol–water partition coefficient (Wildman–Crippen LogP) is 2.61. The summed E-state index contributed by atoms with van der Waals surface area (Å²) in [5.74, 6) is 0.695. The molecule has 0 saturated carbocycles. The van der Waals surface area contributed by atoms with Gasteiger partial charge in [-0.3, -0.25) is 4.98 Å². The number of carbonyl (C=O) groups is 2. The standard InChI is InChI=1S/C15H16ClN5O4/c1-24-12-7-11(13(25-2)6-10(12)16)19-15(23)21-20-14(22)18-9-4-3-5-17-8-9/h3-8H,1-2H3,(H2,18,20,22)(H2,19,21,23). The minimum Gasteiger partial charge on any atom is -0.495 e. The predicted molar refractivity (Wildman–Crippen MR) is 93.1 cm³/mol. The van der Waals surface area contributed by atoms with Crippen LogP contribution in [0.15, 0.2) is 36.7 Å². The summed E-state index contributed by atoms with van der Waals surface area (Å²) in [6.07, 6.45) is 3.03. The molecular formula is C15H16ClN5O4. The normalized spacial score (nSPS) is 9.72. The SMILES string of the molecule is COc1cc(NC(=O)NNC(=O)Nc2cccnc2)c(OC)cc1Cl. The number of hydrogen-bond donors (Lipinski definition) is 4. The molecule has 9 nitrogen and oxygen atoms in total. The Morgan fingerprint density at radius 1 is 1.04 bits per heavy atom. The van der Waals surface area contributed by atoms with Crippen molar-refractivity contribution in [3.8, 4) is 11.5 Å². The van der Waals surface area contributed by atoms with E-state index in [0.717, 1.165) is 0 Å². The van der Waals surface area contributed by atoms with Gasteiger partial charge in [0.25, 0.3) is 0 Å². The van der Waals surface area contributed by atoms with Gasteiger partial charge in [-0.15, -0.1) is 0 Å². The minimum atomic E-state index is -0.691. The number of nitrogens with zero attached hydrogens (tertiary/aromatic N) is 1. The number of anilines is 2. The molecule has 0 bridgehead atoms. The van der Waals surface area contributed by atoms with Gasteiger partial charge in [-0.2, -0.15) is 0 Å². The van der Waals surface area contributed by atoms with Crippen molar-refractivity contribution in [2.45, 2.75) is 0 Å². The summed E-state index contributed by atoms with van der Waals surface area (Å²) in [6.45, 7) is 0. The Hall–Kier alpha value is -3.20. The largest absolute Gasteiger partial charge is 0.495 e. The molecule has 132 valence electrons. The Morgan fingerprint density at radius 2 is 1.72 bits per heavy atom. The quantitative estimate of drug-likeness (QED) is 0.622. The fraction of sp³-hybridized carbons (Fsp3) is 0.133. The van der Waals surface area contributed by atoms with Crippen LogP contribution < -0.4 is 31.0 Å². The highest BCUT2D eigenvalue weighted by atomic mass is 35.5. The number of halogens is 1. The summed E-state index contributed by atoms with van der Waals surface area (Å²) in [5.41, 5.74) is 5.18. The van der Waals surface area contributed by atoms with Gasteiger partial charge in [0.1, 0.15) is 11.5 Å². The second kappa shape index (κ2) is 8.60. The van der Waals surface area contributed by atoms with Crippen molar-refractivity contribution in [3.63, 3.8) is 0 Å². The highest BCUT2D eigenvalue weighted by Gasteiger charge is 2.13. The molecule has 4 amide bonds. The number of methoxy groups -OCH3 is 2. The third-order valence-electron chi connectivity index (χ3n) is 2.93. The fourth-order valence-electron chi connectivity index (χ4n) is 1.82. The first-order valence-electron chi connectivity index (χ1n) is 6.99. The van der Waals surface area contributed by atoms with Crippen LogP contribution in [0.25, 0.3) is 0 Å². The zero-order chi connectivity index (χ0) is 18.2. The van der Waals surface area contributed by atoms with Gasteiger partial charge in [0.15, 0.2) is 0 Å². The molecule has 1 aromatic heterocycles. The smallest absolute Gasteiger partial charge is 0.338 e. The summed E-state index contributed by atoms with van der Waals surface area (Å²) in [7, 11) is 2.88. The first kappa shape index (κ1) is 18.1. The van der Waals surface area contributed by atoms with Gasteiger partial charge in [0.2, 0.25) is 0 Å². The molecule has 2 aromatic rings. The lowest BCUT2D eigenvalue weighted by Crippen LogP contribution is -2.45. The lowest BCUT2D eigenvalue weighted by Gasteiger charge is -2.14. The van der Waals surface area contributed by atoms with E-state index in [0.29, 0.717) is 27.9 Å². The van der Waals surface area contributed by atoms with Crippen LogP contribution in [0.1, 0.15) is 0 Å². The molecule has 0 atom stereocenters. The number of ether oxygens (including phenoxy) is 2. The molecule has 0 fully saturated rings. The molecular weight excluding hydrogens is 350 g/mol. The van der Waals surface area contributed by atoms with Gasteiger partial charge in [-0.25, -0.2) is 20.4 Å². The summed E-state index contributed by atoms with van der Waals surface area (Å²) in [5, 5.41) is 5.34. The monoisotopic (exact) mass is 365 g/mol. The van der Waals surface area contributed by atoms with Gasteiger partial charge in [0.05, 0.1) is 36.8 Å². The maximum absolute atomic E-state index is 11.9. The second-order valence-corrected chi connectivity index (χ2v) is 4.99. The number of aromatic nitrogens is 1. The summed E-state index contributed by atoms with van der Waals surface area (Å²) >= 11 is 5.99. The average Bonchev–Trinajstić information content (AvgIpc) is 2.62. The van der Waals surface area contributed by atoms with Gasteiger partial charge >= 0.3 is 12.1 Å². The number of carbonyl (C=O) groups excluding carboxylic acids is 2. The number of pyridine rings is 1. The van der Waals surface area contributed by atoms with Crippen molar-refractivity contribution in [2.75, 3.05) is 24.9 Å². The summed E-state index contributed by atoms with van der Waals surface area (Å²) in [6, 6.07) is 4.98. The Balaban J connectivity index is 1.93.